The van der Waals surface area contributed by atoms with Crippen molar-refractivity contribution in [1.82, 2.24) is 9.80 Å². The van der Waals surface area contributed by atoms with Crippen LogP contribution in [0.3, 0.4) is 0 Å². The summed E-state index contributed by atoms with van der Waals surface area (Å²) >= 11 is 0. The maximum Gasteiger partial charge on any atom is 0.0940 e. The molecule has 0 radical (unpaired) electrons. The van der Waals surface area contributed by atoms with Crippen LogP contribution >= 0.6 is 17.0 Å². The fourth-order valence-corrected chi connectivity index (χ4v) is 0.991. The minimum atomic E-state index is 0. The first-order valence-electron chi connectivity index (χ1n) is 3.87. The maximum absolute atomic E-state index is 3.71. The van der Waals surface area contributed by atoms with Crippen molar-refractivity contribution in [3.63, 3.8) is 0 Å². The van der Waals surface area contributed by atoms with Crippen LogP contribution in [0, 0.1) is 0 Å². The van der Waals surface area contributed by atoms with Crippen LogP contribution in [0.25, 0.3) is 0 Å². The van der Waals surface area contributed by atoms with Crippen LogP contribution in [0.1, 0.15) is 20.8 Å². The number of hydrogen-bond donors (Lipinski definition) is 0. The Balaban J connectivity index is 0.00000121. The predicted octanol–water partition coefficient (Wildman–Crippen LogP) is 2.55. The molecule has 0 N–H and O–H groups in total. The van der Waals surface area contributed by atoms with Gasteiger partial charge in [0.25, 0.3) is 0 Å². The third-order valence-electron chi connectivity index (χ3n) is 1.85. The fraction of sp³-hybridized carbons (Fsp3) is 0.556. The number of hydrogen-bond acceptors (Lipinski definition) is 2. The lowest BCUT2D eigenvalue weighted by atomic mass is 10.1. The van der Waals surface area contributed by atoms with Crippen molar-refractivity contribution >= 4 is 17.0 Å². The van der Waals surface area contributed by atoms with Crippen LogP contribution < -0.4 is 0 Å². The second kappa shape index (κ2) is 3.99. The van der Waals surface area contributed by atoms with Crippen molar-refractivity contribution in [2.45, 2.75) is 26.3 Å². The molecule has 0 saturated heterocycles. The molecule has 0 aliphatic carbocycles. The summed E-state index contributed by atoms with van der Waals surface area (Å²) in [5, 5.41) is 0. The largest absolute Gasteiger partial charge is 0.353 e. The SMILES string of the molecule is Br.C=CN1C=CN(C(C)(C)C)C1. The molecule has 0 bridgehead atoms. The molecule has 0 unspecified atom stereocenters. The lowest BCUT2D eigenvalue weighted by Gasteiger charge is -2.32. The van der Waals surface area contributed by atoms with Gasteiger partial charge < -0.3 is 9.80 Å². The maximum atomic E-state index is 3.71. The highest BCUT2D eigenvalue weighted by Crippen LogP contribution is 2.18. The Kier molecular flexibility index (Phi) is 3.84. The monoisotopic (exact) mass is 232 g/mol. The Morgan fingerprint density at radius 3 is 2.17 bits per heavy atom. The highest BCUT2D eigenvalue weighted by molar-refractivity contribution is 8.93. The molecule has 0 aromatic carbocycles. The van der Waals surface area contributed by atoms with Crippen molar-refractivity contribution in [1.29, 1.82) is 0 Å². The van der Waals surface area contributed by atoms with Crippen LogP contribution in [-0.2, 0) is 0 Å². The molecule has 0 atom stereocenters. The third-order valence-corrected chi connectivity index (χ3v) is 1.85. The van der Waals surface area contributed by atoms with Crippen LogP contribution in [0.2, 0.25) is 0 Å². The van der Waals surface area contributed by atoms with Gasteiger partial charge in [0.15, 0.2) is 0 Å². The average Bonchev–Trinajstić information content (AvgIpc) is 2.32. The number of rotatable bonds is 1. The Bertz CT molecular complexity index is 181. The van der Waals surface area contributed by atoms with Gasteiger partial charge in [0.1, 0.15) is 0 Å². The summed E-state index contributed by atoms with van der Waals surface area (Å²) in [4.78, 5) is 4.33. The van der Waals surface area contributed by atoms with Gasteiger partial charge >= 0.3 is 0 Å². The molecule has 1 aliphatic rings. The average molecular weight is 233 g/mol. The van der Waals surface area contributed by atoms with Gasteiger partial charge in [-0.15, -0.1) is 17.0 Å². The molecule has 3 heteroatoms. The van der Waals surface area contributed by atoms with Gasteiger partial charge in [0.2, 0.25) is 0 Å². The van der Waals surface area contributed by atoms with Gasteiger partial charge in [-0.1, -0.05) is 6.58 Å². The summed E-state index contributed by atoms with van der Waals surface area (Å²) < 4.78 is 0. The molecular formula is C9H17BrN2. The van der Waals surface area contributed by atoms with Gasteiger partial charge in [0, 0.05) is 17.9 Å². The zero-order chi connectivity index (χ0) is 8.48. The summed E-state index contributed by atoms with van der Waals surface area (Å²) in [5.74, 6) is 0. The van der Waals surface area contributed by atoms with Gasteiger partial charge in [-0.3, -0.25) is 0 Å². The first kappa shape index (κ1) is 11.6. The fourth-order valence-electron chi connectivity index (χ4n) is 0.991. The van der Waals surface area contributed by atoms with Crippen LogP contribution in [0.4, 0.5) is 0 Å². The summed E-state index contributed by atoms with van der Waals surface area (Å²) in [5.41, 5.74) is 0.217. The molecule has 0 aromatic rings. The molecular weight excluding hydrogens is 216 g/mol. The van der Waals surface area contributed by atoms with E-state index >= 15 is 0 Å². The van der Waals surface area contributed by atoms with E-state index in [9.17, 15) is 0 Å². The molecule has 2 nitrogen and oxygen atoms in total. The normalized spacial score (nSPS) is 16.2. The van der Waals surface area contributed by atoms with E-state index in [0.717, 1.165) is 6.67 Å². The lowest BCUT2D eigenvalue weighted by molar-refractivity contribution is 0.182. The molecule has 0 saturated carbocycles. The van der Waals surface area contributed by atoms with E-state index in [2.05, 4.69) is 43.3 Å². The Morgan fingerprint density at radius 1 is 1.33 bits per heavy atom. The smallest absolute Gasteiger partial charge is 0.0940 e. The topological polar surface area (TPSA) is 6.48 Å². The van der Waals surface area contributed by atoms with E-state index in [1.165, 1.54) is 0 Å². The van der Waals surface area contributed by atoms with E-state index < -0.39 is 0 Å². The van der Waals surface area contributed by atoms with Crippen LogP contribution in [-0.4, -0.2) is 22.0 Å². The van der Waals surface area contributed by atoms with Crippen LogP contribution in [0.15, 0.2) is 25.2 Å². The summed E-state index contributed by atoms with van der Waals surface area (Å²) in [6.45, 7) is 11.2. The molecule has 0 amide bonds. The highest BCUT2D eigenvalue weighted by Gasteiger charge is 2.21. The first-order valence-corrected chi connectivity index (χ1v) is 3.87. The second-order valence-corrected chi connectivity index (χ2v) is 3.78. The zero-order valence-electron chi connectivity index (χ0n) is 7.95. The third kappa shape index (κ3) is 2.55. The predicted molar refractivity (Wildman–Crippen MR) is 58.0 cm³/mol. The molecule has 0 spiro atoms. The number of nitrogens with zero attached hydrogens (tertiary/aromatic N) is 2. The van der Waals surface area contributed by atoms with Crippen molar-refractivity contribution in [3.05, 3.63) is 25.2 Å². The standard InChI is InChI=1S/C9H16N2.BrH/c1-5-10-6-7-11(8-10)9(2,3)4;/h5-7H,1,8H2,2-4H3;1H. The Morgan fingerprint density at radius 2 is 1.92 bits per heavy atom. The van der Waals surface area contributed by atoms with E-state index in [1.807, 2.05) is 12.4 Å². The molecule has 0 fully saturated rings. The Hall–Kier alpha value is -0.440. The minimum absolute atomic E-state index is 0. The van der Waals surface area contributed by atoms with Gasteiger partial charge in [-0.05, 0) is 27.0 Å². The highest BCUT2D eigenvalue weighted by atomic mass is 79.9. The molecule has 1 heterocycles. The van der Waals surface area contributed by atoms with Gasteiger partial charge in [0.05, 0.1) is 6.67 Å². The van der Waals surface area contributed by atoms with E-state index in [0.29, 0.717) is 0 Å². The van der Waals surface area contributed by atoms with E-state index in [4.69, 9.17) is 0 Å². The number of halogens is 1. The van der Waals surface area contributed by atoms with Crippen molar-refractivity contribution in [2.24, 2.45) is 0 Å². The van der Waals surface area contributed by atoms with Crippen molar-refractivity contribution in [3.8, 4) is 0 Å². The molecule has 1 aliphatic heterocycles. The quantitative estimate of drug-likeness (QED) is 0.686. The minimum Gasteiger partial charge on any atom is -0.353 e. The van der Waals surface area contributed by atoms with Gasteiger partial charge in [-0.25, -0.2) is 0 Å². The molecule has 1 rings (SSSR count). The van der Waals surface area contributed by atoms with Gasteiger partial charge in [-0.2, -0.15) is 0 Å². The molecule has 12 heavy (non-hydrogen) atoms. The first-order chi connectivity index (χ1) is 5.04. The summed E-state index contributed by atoms with van der Waals surface area (Å²) in [6.07, 6.45) is 5.97. The zero-order valence-corrected chi connectivity index (χ0v) is 9.66. The molecule has 70 valence electrons. The van der Waals surface area contributed by atoms with Crippen molar-refractivity contribution in [2.75, 3.05) is 6.67 Å². The van der Waals surface area contributed by atoms with E-state index in [1.54, 1.807) is 0 Å². The lowest BCUT2D eigenvalue weighted by Crippen LogP contribution is -2.38. The van der Waals surface area contributed by atoms with Crippen molar-refractivity contribution < 1.29 is 0 Å². The summed E-state index contributed by atoms with van der Waals surface area (Å²) in [7, 11) is 0. The molecule has 0 aromatic heterocycles. The summed E-state index contributed by atoms with van der Waals surface area (Å²) in [6, 6.07) is 0. The Labute approximate surface area is 85.3 Å². The van der Waals surface area contributed by atoms with E-state index in [-0.39, 0.29) is 22.5 Å². The second-order valence-electron chi connectivity index (χ2n) is 3.78. The van der Waals surface area contributed by atoms with Crippen LogP contribution in [0.5, 0.6) is 0 Å².